The number of nitrogens with one attached hydrogen (secondary N) is 1. The molecule has 26 heavy (non-hydrogen) atoms. The van der Waals surface area contributed by atoms with E-state index in [2.05, 4.69) is 0 Å². The first kappa shape index (κ1) is 22.3. The molecule has 0 saturated heterocycles. The molecule has 6 N–H and O–H groups in total. The summed E-state index contributed by atoms with van der Waals surface area (Å²) in [5, 5.41) is 16.1. The molecular weight excluding hydrogens is 384 g/mol. The van der Waals surface area contributed by atoms with Crippen molar-refractivity contribution in [2.75, 3.05) is 6.54 Å². The lowest BCUT2D eigenvalue weighted by Crippen LogP contribution is -2.39. The Morgan fingerprint density at radius 2 is 2.08 bits per heavy atom. The zero-order valence-electron chi connectivity index (χ0n) is 14.0. The molecule has 0 radical (unpaired) electrons. The number of hydrogen-bond donors (Lipinski definition) is 5. The Labute approximate surface area is 157 Å². The Morgan fingerprint density at radius 1 is 1.46 bits per heavy atom. The number of amides is 1. The Hall–Kier alpha value is -1.73. The van der Waals surface area contributed by atoms with Crippen molar-refractivity contribution in [3.8, 4) is 5.75 Å². The van der Waals surface area contributed by atoms with E-state index in [9.17, 15) is 14.3 Å². The van der Waals surface area contributed by atoms with Crippen LogP contribution in [0.4, 0.5) is 4.39 Å². The molecule has 0 unspecified atom stereocenters. The lowest BCUT2D eigenvalue weighted by molar-refractivity contribution is -0.128. The fourth-order valence-electron chi connectivity index (χ4n) is 2.46. The molecule has 0 aromatic heterocycles. The maximum absolute atomic E-state index is 13.9. The molecule has 1 amide bonds. The van der Waals surface area contributed by atoms with Crippen molar-refractivity contribution in [1.82, 2.24) is 4.90 Å². The van der Waals surface area contributed by atoms with Gasteiger partial charge in [0, 0.05) is 30.8 Å². The van der Waals surface area contributed by atoms with Gasteiger partial charge in [0.05, 0.1) is 0 Å². The predicted molar refractivity (Wildman–Crippen MR) is 99.4 cm³/mol. The normalized spacial score (nSPS) is 14.1. The summed E-state index contributed by atoms with van der Waals surface area (Å²) in [5.74, 6) is -0.848. The van der Waals surface area contributed by atoms with Crippen LogP contribution in [0.15, 0.2) is 30.0 Å². The van der Waals surface area contributed by atoms with E-state index in [1.165, 1.54) is 17.0 Å². The van der Waals surface area contributed by atoms with Crippen LogP contribution in [-0.2, 0) is 11.3 Å². The number of nitrogens with two attached hydrogens (primary N) is 1. The number of carbonyl (C=O) groups is 1. The van der Waals surface area contributed by atoms with Crippen molar-refractivity contribution in [2.45, 2.75) is 25.8 Å². The van der Waals surface area contributed by atoms with Gasteiger partial charge in [0.2, 0.25) is 0 Å². The highest BCUT2D eigenvalue weighted by atomic mass is 35.5. The molecule has 0 spiro atoms. The Bertz CT molecular complexity index is 671. The van der Waals surface area contributed by atoms with Crippen LogP contribution in [0.1, 0.15) is 24.8 Å². The number of benzene rings is 1. The van der Waals surface area contributed by atoms with Crippen LogP contribution in [0.5, 0.6) is 5.75 Å². The molecule has 7 nitrogen and oxygen atoms in total. The second kappa shape index (κ2) is 11.1. The molecule has 1 saturated carbocycles. The molecule has 0 bridgehead atoms. The topological polar surface area (TPSA) is 131 Å². The van der Waals surface area contributed by atoms with E-state index < -0.39 is 20.8 Å². The fourth-order valence-corrected chi connectivity index (χ4v) is 2.57. The van der Waals surface area contributed by atoms with Gasteiger partial charge in [-0.1, -0.05) is 24.1 Å². The molecule has 0 aliphatic heterocycles. The smallest absolute Gasteiger partial charge is 0.270 e. The first-order chi connectivity index (χ1) is 12.3. The number of halogens is 2. The standard InChI is InChI=1S/C16H19ClFN3O2.H3O2P/c17-15(20)7-14(19)16(23)21(8-10-2-1-3-10)9-11-4-5-12(22)6-13(11)18;1-3-2/h4-7,10,20,22H,1-3,8-9,19H2;1-3H/b14-7-,20-15?;. The third-order valence-electron chi connectivity index (χ3n) is 3.92. The Kier molecular flexibility index (Phi) is 9.51. The summed E-state index contributed by atoms with van der Waals surface area (Å²) in [6.07, 6.45) is 4.25. The predicted octanol–water partition coefficient (Wildman–Crippen LogP) is 2.20. The van der Waals surface area contributed by atoms with Crippen molar-refractivity contribution in [3.05, 3.63) is 41.4 Å². The van der Waals surface area contributed by atoms with Crippen LogP contribution in [0.3, 0.4) is 0 Å². The average molecular weight is 406 g/mol. The van der Waals surface area contributed by atoms with Crippen LogP contribution >= 0.6 is 20.6 Å². The van der Waals surface area contributed by atoms with Gasteiger partial charge in [-0.2, -0.15) is 0 Å². The molecule has 1 aliphatic carbocycles. The first-order valence-corrected chi connectivity index (χ1v) is 9.06. The van der Waals surface area contributed by atoms with Gasteiger partial charge in [0.25, 0.3) is 5.91 Å². The largest absolute Gasteiger partial charge is 0.508 e. The van der Waals surface area contributed by atoms with Gasteiger partial charge in [-0.15, -0.1) is 0 Å². The van der Waals surface area contributed by atoms with Gasteiger partial charge in [0.15, 0.2) is 0 Å². The van der Waals surface area contributed by atoms with Gasteiger partial charge in [-0.05, 0) is 24.8 Å². The highest BCUT2D eigenvalue weighted by Gasteiger charge is 2.25. The summed E-state index contributed by atoms with van der Waals surface area (Å²) in [5.41, 5.74) is 5.83. The molecular formula is C16H22ClFN3O4P. The van der Waals surface area contributed by atoms with Gasteiger partial charge in [-0.25, -0.2) is 4.39 Å². The van der Waals surface area contributed by atoms with Gasteiger partial charge in [0.1, 0.15) is 31.5 Å². The van der Waals surface area contributed by atoms with E-state index in [0.717, 1.165) is 31.4 Å². The first-order valence-electron chi connectivity index (χ1n) is 7.79. The molecule has 2 rings (SSSR count). The van der Waals surface area contributed by atoms with Crippen LogP contribution in [0, 0.1) is 17.1 Å². The van der Waals surface area contributed by atoms with Crippen LogP contribution in [-0.4, -0.2) is 37.4 Å². The second-order valence-corrected chi connectivity index (χ2v) is 6.41. The van der Waals surface area contributed by atoms with Gasteiger partial charge in [-0.3, -0.25) is 10.2 Å². The minimum absolute atomic E-state index is 0.0472. The average Bonchev–Trinajstić information content (AvgIpc) is 2.51. The minimum Gasteiger partial charge on any atom is -0.508 e. The second-order valence-electron chi connectivity index (χ2n) is 5.81. The zero-order chi connectivity index (χ0) is 19.7. The highest BCUT2D eigenvalue weighted by molar-refractivity contribution is 7.23. The Morgan fingerprint density at radius 3 is 2.54 bits per heavy atom. The number of rotatable bonds is 6. The molecule has 1 aliphatic rings. The number of aromatic hydroxyl groups is 1. The van der Waals surface area contributed by atoms with Crippen LogP contribution in [0.25, 0.3) is 0 Å². The van der Waals surface area contributed by atoms with Crippen LogP contribution < -0.4 is 5.73 Å². The van der Waals surface area contributed by atoms with Crippen molar-refractivity contribution >= 4 is 31.7 Å². The summed E-state index contributed by atoms with van der Waals surface area (Å²) in [6.45, 7) is 0.523. The molecule has 144 valence electrons. The molecule has 0 heterocycles. The quantitative estimate of drug-likeness (QED) is 0.281. The SMILES string of the molecule is N=C(Cl)/C=C(\N)C(=O)N(Cc1ccc(O)cc1F)CC1CCC1.OPO. The van der Waals surface area contributed by atoms with Gasteiger partial charge >= 0.3 is 0 Å². The van der Waals surface area contributed by atoms with E-state index in [0.29, 0.717) is 18.0 Å². The monoisotopic (exact) mass is 405 g/mol. The third-order valence-corrected chi connectivity index (χ3v) is 4.03. The lowest BCUT2D eigenvalue weighted by atomic mass is 9.85. The molecule has 1 aromatic rings. The Balaban J connectivity index is 0.00000105. The highest BCUT2D eigenvalue weighted by Crippen LogP contribution is 2.28. The summed E-state index contributed by atoms with van der Waals surface area (Å²) >= 11 is 5.44. The fraction of sp³-hybridized carbons (Fsp3) is 0.375. The van der Waals surface area contributed by atoms with Crippen molar-refractivity contribution in [2.24, 2.45) is 11.7 Å². The van der Waals surface area contributed by atoms with Gasteiger partial charge < -0.3 is 25.5 Å². The van der Waals surface area contributed by atoms with Crippen LogP contribution in [0.2, 0.25) is 0 Å². The number of phenolic OH excluding ortho intramolecular Hbond substituents is 1. The van der Waals surface area contributed by atoms with Crippen molar-refractivity contribution < 1.29 is 24.1 Å². The van der Waals surface area contributed by atoms with E-state index in [1.54, 1.807) is 0 Å². The summed E-state index contributed by atoms with van der Waals surface area (Å²) in [7, 11) is -0.917. The number of hydrogen-bond acceptors (Lipinski definition) is 6. The molecule has 10 heteroatoms. The maximum atomic E-state index is 13.9. The van der Waals surface area contributed by atoms with Crippen molar-refractivity contribution in [3.63, 3.8) is 0 Å². The minimum atomic E-state index is -0.917. The molecule has 0 atom stereocenters. The number of phenols is 1. The molecule has 1 aromatic carbocycles. The summed E-state index contributed by atoms with van der Waals surface area (Å²) in [6, 6.07) is 3.82. The number of carbonyl (C=O) groups excluding carboxylic acids is 1. The number of allylic oxidation sites excluding steroid dienone is 1. The molecule has 1 fully saturated rings. The lowest BCUT2D eigenvalue weighted by Gasteiger charge is -2.32. The maximum Gasteiger partial charge on any atom is 0.270 e. The van der Waals surface area contributed by atoms with E-state index in [1.807, 2.05) is 0 Å². The third kappa shape index (κ3) is 7.25. The summed E-state index contributed by atoms with van der Waals surface area (Å²) in [4.78, 5) is 28.2. The van der Waals surface area contributed by atoms with Crippen molar-refractivity contribution in [1.29, 1.82) is 5.41 Å². The van der Waals surface area contributed by atoms with E-state index in [4.69, 9.17) is 32.5 Å². The zero-order valence-corrected chi connectivity index (χ0v) is 15.7. The summed E-state index contributed by atoms with van der Waals surface area (Å²) < 4.78 is 13.9. The van der Waals surface area contributed by atoms with E-state index in [-0.39, 0.29) is 23.2 Å². The number of nitrogens with zero attached hydrogens (tertiary/aromatic N) is 1. The van der Waals surface area contributed by atoms with E-state index >= 15 is 0 Å².